The Morgan fingerprint density at radius 2 is 2.10 bits per heavy atom. The molecule has 0 spiro atoms. The van der Waals surface area contributed by atoms with Gasteiger partial charge in [0.05, 0.1) is 15.9 Å². The van der Waals surface area contributed by atoms with Crippen molar-refractivity contribution in [2.75, 3.05) is 7.11 Å². The van der Waals surface area contributed by atoms with Crippen molar-refractivity contribution in [3.8, 4) is 5.75 Å². The van der Waals surface area contributed by atoms with Gasteiger partial charge in [-0.05, 0) is 25.0 Å². The molecular weight excluding hydrogens is 288 g/mol. The van der Waals surface area contributed by atoms with Gasteiger partial charge >= 0.3 is 5.69 Å². The number of hydrogen-bond donors (Lipinski definition) is 2. The van der Waals surface area contributed by atoms with Gasteiger partial charge in [0.15, 0.2) is 5.75 Å². The number of nitro groups is 1. The third kappa shape index (κ3) is 2.89. The zero-order valence-electron chi connectivity index (χ0n) is 10.6. The highest BCUT2D eigenvalue weighted by atomic mass is 32.2. The summed E-state index contributed by atoms with van der Waals surface area (Å²) >= 11 is 0. The third-order valence-electron chi connectivity index (χ3n) is 3.20. The fraction of sp³-hybridized carbons (Fsp3) is 0.455. The van der Waals surface area contributed by atoms with Crippen molar-refractivity contribution in [2.45, 2.75) is 29.9 Å². The number of phenols is 1. The fourth-order valence-electron chi connectivity index (χ4n) is 1.96. The van der Waals surface area contributed by atoms with Gasteiger partial charge in [-0.25, -0.2) is 13.1 Å². The van der Waals surface area contributed by atoms with Gasteiger partial charge in [0.1, 0.15) is 0 Å². The van der Waals surface area contributed by atoms with E-state index in [2.05, 4.69) is 4.72 Å². The summed E-state index contributed by atoms with van der Waals surface area (Å²) in [5, 5.41) is 20.0. The van der Waals surface area contributed by atoms with Gasteiger partial charge in [0.25, 0.3) is 0 Å². The zero-order valence-corrected chi connectivity index (χ0v) is 11.5. The number of ether oxygens (including phenoxy) is 1. The maximum absolute atomic E-state index is 12.1. The lowest BCUT2D eigenvalue weighted by molar-refractivity contribution is -0.386. The topological polar surface area (TPSA) is 119 Å². The molecule has 2 N–H and O–H groups in total. The number of benzene rings is 1. The van der Waals surface area contributed by atoms with Crippen molar-refractivity contribution in [3.05, 3.63) is 28.3 Å². The van der Waals surface area contributed by atoms with Crippen molar-refractivity contribution < 1.29 is 23.2 Å². The molecule has 9 heteroatoms. The van der Waals surface area contributed by atoms with E-state index >= 15 is 0 Å². The number of nitrogens with one attached hydrogen (secondary N) is 1. The molecule has 0 heterocycles. The summed E-state index contributed by atoms with van der Waals surface area (Å²) in [6.07, 6.45) is 1.17. The Bertz CT molecular complexity index is 624. The largest absolute Gasteiger partial charge is 0.502 e. The van der Waals surface area contributed by atoms with Crippen LogP contribution in [0.1, 0.15) is 12.8 Å². The summed E-state index contributed by atoms with van der Waals surface area (Å²) < 4.78 is 31.6. The molecule has 0 aliphatic heterocycles. The van der Waals surface area contributed by atoms with Crippen LogP contribution >= 0.6 is 0 Å². The molecule has 1 saturated carbocycles. The number of methoxy groups -OCH3 is 1. The van der Waals surface area contributed by atoms with Crippen LogP contribution in [0.15, 0.2) is 23.1 Å². The van der Waals surface area contributed by atoms with E-state index in [1.54, 1.807) is 7.11 Å². The quantitative estimate of drug-likeness (QED) is 0.612. The van der Waals surface area contributed by atoms with Crippen LogP contribution in [0.2, 0.25) is 0 Å². The highest BCUT2D eigenvalue weighted by Crippen LogP contribution is 2.29. The second kappa shape index (κ2) is 5.35. The highest BCUT2D eigenvalue weighted by Gasteiger charge is 2.33. The van der Waals surface area contributed by atoms with E-state index in [0.29, 0.717) is 12.8 Å². The van der Waals surface area contributed by atoms with Crippen LogP contribution in [0.3, 0.4) is 0 Å². The fourth-order valence-corrected chi connectivity index (χ4v) is 3.24. The molecule has 1 aliphatic rings. The lowest BCUT2D eigenvalue weighted by Crippen LogP contribution is -2.47. The van der Waals surface area contributed by atoms with Crippen molar-refractivity contribution in [1.29, 1.82) is 0 Å². The number of nitrogens with zero attached hydrogens (tertiary/aromatic N) is 1. The van der Waals surface area contributed by atoms with Crippen LogP contribution in [0, 0.1) is 10.1 Å². The summed E-state index contributed by atoms with van der Waals surface area (Å²) in [6.45, 7) is 0. The van der Waals surface area contributed by atoms with E-state index in [1.807, 2.05) is 0 Å². The van der Waals surface area contributed by atoms with E-state index in [1.165, 1.54) is 0 Å². The maximum Gasteiger partial charge on any atom is 0.312 e. The van der Waals surface area contributed by atoms with Gasteiger partial charge in [-0.1, -0.05) is 0 Å². The lowest BCUT2D eigenvalue weighted by atomic mass is 9.90. The Kier molecular flexibility index (Phi) is 3.93. The molecule has 110 valence electrons. The highest BCUT2D eigenvalue weighted by molar-refractivity contribution is 7.89. The number of aromatic hydroxyl groups is 1. The Balaban J connectivity index is 2.18. The Morgan fingerprint density at radius 3 is 2.65 bits per heavy atom. The molecule has 0 saturated heterocycles. The molecular formula is C11H14N2O6S. The Morgan fingerprint density at radius 1 is 1.45 bits per heavy atom. The van der Waals surface area contributed by atoms with Gasteiger partial charge in [-0.3, -0.25) is 10.1 Å². The number of rotatable bonds is 5. The van der Waals surface area contributed by atoms with Crippen LogP contribution in [0.25, 0.3) is 0 Å². The monoisotopic (exact) mass is 302 g/mol. The van der Waals surface area contributed by atoms with E-state index in [-0.39, 0.29) is 17.0 Å². The number of nitro benzene ring substituents is 1. The lowest BCUT2D eigenvalue weighted by Gasteiger charge is -2.34. The predicted octanol–water partition coefficient (Wildman–Crippen LogP) is 0.756. The van der Waals surface area contributed by atoms with Crippen LogP contribution in [0.5, 0.6) is 5.75 Å². The van der Waals surface area contributed by atoms with E-state index in [4.69, 9.17) is 4.74 Å². The molecule has 1 fully saturated rings. The average Bonchev–Trinajstić information content (AvgIpc) is 2.33. The van der Waals surface area contributed by atoms with Gasteiger partial charge in [0.2, 0.25) is 10.0 Å². The number of sulfonamides is 1. The molecule has 0 unspecified atom stereocenters. The molecule has 8 nitrogen and oxygen atoms in total. The van der Waals surface area contributed by atoms with Crippen molar-refractivity contribution >= 4 is 15.7 Å². The maximum atomic E-state index is 12.1. The minimum atomic E-state index is -3.85. The standard InChI is InChI=1S/C11H14N2O6S/c1-19-8-4-7(5-8)12-20(17,18)9-2-3-11(14)10(6-9)13(15)16/h2-3,6-8,12,14H,4-5H2,1H3. The first-order valence-electron chi connectivity index (χ1n) is 5.86. The Hall–Kier alpha value is -1.71. The number of hydrogen-bond acceptors (Lipinski definition) is 6. The molecule has 2 rings (SSSR count). The first kappa shape index (κ1) is 14.7. The summed E-state index contributed by atoms with van der Waals surface area (Å²) in [4.78, 5) is 9.60. The molecule has 0 radical (unpaired) electrons. The zero-order chi connectivity index (χ0) is 14.9. The smallest absolute Gasteiger partial charge is 0.312 e. The summed E-state index contributed by atoms with van der Waals surface area (Å²) in [6, 6.07) is 2.71. The van der Waals surface area contributed by atoms with Crippen molar-refractivity contribution in [2.24, 2.45) is 0 Å². The molecule has 0 bridgehead atoms. The minimum Gasteiger partial charge on any atom is -0.502 e. The normalized spacial score (nSPS) is 22.2. The minimum absolute atomic E-state index is 0.0388. The number of phenolic OH excluding ortho intramolecular Hbond substituents is 1. The van der Waals surface area contributed by atoms with Crippen LogP contribution in [-0.4, -0.2) is 37.7 Å². The molecule has 0 atom stereocenters. The second-order valence-electron chi connectivity index (χ2n) is 4.55. The first-order chi connectivity index (χ1) is 9.33. The summed E-state index contributed by atoms with van der Waals surface area (Å²) in [5.74, 6) is -0.572. The van der Waals surface area contributed by atoms with Gasteiger partial charge in [-0.2, -0.15) is 0 Å². The third-order valence-corrected chi connectivity index (χ3v) is 4.72. The SMILES string of the molecule is COC1CC(NS(=O)(=O)c2ccc(O)c([N+](=O)[O-])c2)C1. The van der Waals surface area contributed by atoms with Gasteiger partial charge < -0.3 is 9.84 Å². The molecule has 0 amide bonds. The average molecular weight is 302 g/mol. The van der Waals surface area contributed by atoms with Gasteiger partial charge in [-0.15, -0.1) is 0 Å². The molecule has 1 aliphatic carbocycles. The summed E-state index contributed by atoms with van der Waals surface area (Å²) in [7, 11) is -2.29. The van der Waals surface area contributed by atoms with E-state index in [9.17, 15) is 23.6 Å². The van der Waals surface area contributed by atoms with E-state index < -0.39 is 26.4 Å². The molecule has 1 aromatic rings. The van der Waals surface area contributed by atoms with Crippen LogP contribution in [-0.2, 0) is 14.8 Å². The summed E-state index contributed by atoms with van der Waals surface area (Å²) in [5.41, 5.74) is -0.642. The van der Waals surface area contributed by atoms with E-state index in [0.717, 1.165) is 18.2 Å². The first-order valence-corrected chi connectivity index (χ1v) is 7.34. The Labute approximate surface area is 115 Å². The van der Waals surface area contributed by atoms with Crippen molar-refractivity contribution in [3.63, 3.8) is 0 Å². The predicted molar refractivity (Wildman–Crippen MR) is 68.9 cm³/mol. The van der Waals surface area contributed by atoms with Crippen molar-refractivity contribution in [1.82, 2.24) is 4.72 Å². The molecule has 0 aromatic heterocycles. The second-order valence-corrected chi connectivity index (χ2v) is 6.27. The van der Waals surface area contributed by atoms with Gasteiger partial charge in [0, 0.05) is 19.2 Å². The van der Waals surface area contributed by atoms with Crippen LogP contribution < -0.4 is 4.72 Å². The molecule has 20 heavy (non-hydrogen) atoms. The molecule has 1 aromatic carbocycles. The van der Waals surface area contributed by atoms with Crippen LogP contribution in [0.4, 0.5) is 5.69 Å².